The third-order valence-corrected chi connectivity index (χ3v) is 5.57. The minimum absolute atomic E-state index is 0.217. The van der Waals surface area contributed by atoms with Gasteiger partial charge in [-0.2, -0.15) is 13.2 Å². The van der Waals surface area contributed by atoms with E-state index in [-0.39, 0.29) is 4.90 Å². The number of rotatable bonds is 8. The van der Waals surface area contributed by atoms with Crippen molar-refractivity contribution in [3.05, 3.63) is 0 Å². The van der Waals surface area contributed by atoms with E-state index in [1.807, 2.05) is 0 Å². The topological polar surface area (TPSA) is 81.7 Å². The van der Waals surface area contributed by atoms with Crippen molar-refractivity contribution in [2.24, 2.45) is 0 Å². The summed E-state index contributed by atoms with van der Waals surface area (Å²) in [5.74, 6) is -3.73. The largest absolute Gasteiger partial charge is 0.480 e. The van der Waals surface area contributed by atoms with Crippen molar-refractivity contribution in [1.29, 1.82) is 0 Å². The number of hydrogen-bond acceptors (Lipinski definition) is 3. The number of carboxylic acids is 1. The van der Waals surface area contributed by atoms with Crippen LogP contribution in [-0.2, 0) is 21.4 Å². The lowest BCUT2D eigenvalue weighted by molar-refractivity contribution is -0.185. The molecule has 0 aromatic carbocycles. The van der Waals surface area contributed by atoms with Gasteiger partial charge in [0.1, 0.15) is 6.54 Å². The molecule has 0 aromatic rings. The fourth-order valence-electron chi connectivity index (χ4n) is 1.44. The van der Waals surface area contributed by atoms with Crippen LogP contribution >= 0.6 is 6.34 Å². The zero-order chi connectivity index (χ0) is 16.0. The van der Waals surface area contributed by atoms with Crippen LogP contribution in [0.2, 0.25) is 0 Å². The fraction of sp³-hybridized carbons (Fsp3) is 0.778. The van der Waals surface area contributed by atoms with Crippen LogP contribution < -0.4 is 10.2 Å². The number of nitrogens with zero attached hydrogens (tertiary/aromatic N) is 1. The monoisotopic (exact) mass is 335 g/mol. The van der Waals surface area contributed by atoms with E-state index >= 15 is 0 Å². The minimum atomic E-state index is -5.13. The van der Waals surface area contributed by atoms with Gasteiger partial charge in [-0.25, -0.2) is 0 Å². The first-order chi connectivity index (χ1) is 9.05. The summed E-state index contributed by atoms with van der Waals surface area (Å²) in [5.41, 5.74) is 0. The van der Waals surface area contributed by atoms with Crippen molar-refractivity contribution in [3.8, 4) is 0 Å². The quantitative estimate of drug-likeness (QED) is 0.573. The molecule has 11 heteroatoms. The van der Waals surface area contributed by atoms with Crippen molar-refractivity contribution in [1.82, 2.24) is 15.1 Å². The summed E-state index contributed by atoms with van der Waals surface area (Å²) in [6, 6.07) is 0. The van der Waals surface area contributed by atoms with Crippen molar-refractivity contribution >= 4 is 30.0 Å². The third kappa shape index (κ3) is 6.65. The number of aliphatic carboxylic acids is 1. The average Bonchev–Trinajstić information content (AvgIpc) is 2.25. The highest BCUT2D eigenvalue weighted by Gasteiger charge is 2.44. The van der Waals surface area contributed by atoms with E-state index in [2.05, 4.69) is 10.2 Å². The molecule has 0 heterocycles. The van der Waals surface area contributed by atoms with E-state index in [0.717, 1.165) is 0 Å². The van der Waals surface area contributed by atoms with Gasteiger partial charge in [0.15, 0.2) is 0 Å². The van der Waals surface area contributed by atoms with Gasteiger partial charge in [-0.15, -0.1) is 0 Å². The summed E-state index contributed by atoms with van der Waals surface area (Å²) in [4.78, 5) is 22.1. The van der Waals surface area contributed by atoms with Crippen molar-refractivity contribution in [3.63, 3.8) is 0 Å². The second kappa shape index (κ2) is 7.92. The van der Waals surface area contributed by atoms with Crippen molar-refractivity contribution in [2.75, 3.05) is 25.9 Å². The number of hydrogen-bond donors (Lipinski definition) is 3. The van der Waals surface area contributed by atoms with Gasteiger partial charge >= 0.3 is 18.1 Å². The molecule has 0 saturated carbocycles. The summed E-state index contributed by atoms with van der Waals surface area (Å²) in [5, 5.41) is 14.3. The molecule has 0 aliphatic carbocycles. The summed E-state index contributed by atoms with van der Waals surface area (Å²) >= 11 is 5.21. The van der Waals surface area contributed by atoms with Crippen LogP contribution in [0.25, 0.3) is 0 Å². The number of carbonyl (C=O) groups is 2. The second-order valence-corrected chi connectivity index (χ2v) is 8.06. The Bertz CT molecular complexity index is 396. The highest BCUT2D eigenvalue weighted by Crippen LogP contribution is 2.37. The highest BCUT2D eigenvalue weighted by molar-refractivity contribution is 8.12. The molecule has 0 unspecified atom stereocenters. The fourth-order valence-corrected chi connectivity index (χ4v) is 4.67. The summed E-state index contributed by atoms with van der Waals surface area (Å²) in [6.45, 7) is 3.17. The standard InChI is InChI=1S/C9H17F3N3O3PS/c1-3-13-19(20,14-4-2)6-15(5-7(16)17)8(18)9(10,11)12/h3-6H2,1-2H3,(H,16,17)(H2,13,14,20). The molecular weight excluding hydrogens is 318 g/mol. The Morgan fingerprint density at radius 3 is 2.00 bits per heavy atom. The lowest BCUT2D eigenvalue weighted by atomic mass is 10.5. The molecular formula is C9H17F3N3O3PS. The highest BCUT2D eigenvalue weighted by atomic mass is 32.4. The van der Waals surface area contributed by atoms with Crippen molar-refractivity contribution < 1.29 is 27.9 Å². The van der Waals surface area contributed by atoms with E-state index < -0.39 is 37.2 Å². The van der Waals surface area contributed by atoms with Gasteiger partial charge in [-0.1, -0.05) is 25.7 Å². The molecule has 0 fully saturated rings. The van der Waals surface area contributed by atoms with Gasteiger partial charge < -0.3 is 10.0 Å². The second-order valence-electron chi connectivity index (χ2n) is 3.80. The zero-order valence-electron chi connectivity index (χ0n) is 11.0. The maximum atomic E-state index is 12.4. The van der Waals surface area contributed by atoms with Gasteiger partial charge in [0.25, 0.3) is 0 Å². The number of halogens is 3. The number of amides is 1. The molecule has 0 rings (SSSR count). The first kappa shape index (κ1) is 19.3. The third-order valence-electron chi connectivity index (χ3n) is 2.05. The average molecular weight is 335 g/mol. The van der Waals surface area contributed by atoms with Crippen LogP contribution in [-0.4, -0.2) is 54.0 Å². The van der Waals surface area contributed by atoms with Crippen LogP contribution in [0.4, 0.5) is 13.2 Å². The Morgan fingerprint density at radius 1 is 1.25 bits per heavy atom. The molecule has 0 bridgehead atoms. The molecule has 0 atom stereocenters. The van der Waals surface area contributed by atoms with Gasteiger partial charge in [0.2, 0.25) is 0 Å². The molecule has 3 N–H and O–H groups in total. The van der Waals surface area contributed by atoms with Crippen LogP contribution in [0.1, 0.15) is 13.8 Å². The Morgan fingerprint density at radius 2 is 1.70 bits per heavy atom. The van der Waals surface area contributed by atoms with E-state index in [1.165, 1.54) is 0 Å². The predicted octanol–water partition coefficient (Wildman–Crippen LogP) is 0.948. The van der Waals surface area contributed by atoms with Crippen LogP contribution in [0.15, 0.2) is 0 Å². The Labute approximate surface area is 119 Å². The smallest absolute Gasteiger partial charge is 0.471 e. The molecule has 0 aliphatic heterocycles. The molecule has 0 aromatic heterocycles. The van der Waals surface area contributed by atoms with E-state index in [9.17, 15) is 22.8 Å². The van der Waals surface area contributed by atoms with E-state index in [4.69, 9.17) is 16.9 Å². The number of alkyl halides is 3. The van der Waals surface area contributed by atoms with Crippen LogP contribution in [0.5, 0.6) is 0 Å². The normalized spacial score (nSPS) is 12.2. The van der Waals surface area contributed by atoms with Gasteiger partial charge in [0, 0.05) is 0 Å². The minimum Gasteiger partial charge on any atom is -0.480 e. The maximum absolute atomic E-state index is 12.4. The summed E-state index contributed by atoms with van der Waals surface area (Å²) in [6.07, 6.45) is -8.30. The number of nitrogens with one attached hydrogen (secondary N) is 2. The Kier molecular flexibility index (Phi) is 7.64. The number of carboxylic acid groups (broad SMARTS) is 1. The summed E-state index contributed by atoms with van der Waals surface area (Å²) < 4.78 is 37.3. The SMILES string of the molecule is CCNP(=S)(CN(CC(=O)O)C(=O)C(F)(F)F)NCC. The van der Waals surface area contributed by atoms with E-state index in [1.54, 1.807) is 13.8 Å². The van der Waals surface area contributed by atoms with Gasteiger partial charge in [-0.05, 0) is 13.1 Å². The first-order valence-corrected chi connectivity index (χ1v) is 8.71. The summed E-state index contributed by atoms with van der Waals surface area (Å²) in [7, 11) is 0. The molecule has 0 saturated heterocycles. The first-order valence-electron chi connectivity index (χ1n) is 5.73. The molecule has 6 nitrogen and oxygen atoms in total. The molecule has 1 amide bonds. The van der Waals surface area contributed by atoms with Crippen LogP contribution in [0, 0.1) is 0 Å². The lowest BCUT2D eigenvalue weighted by Crippen LogP contribution is -2.46. The number of carbonyl (C=O) groups excluding carboxylic acids is 1. The zero-order valence-corrected chi connectivity index (χ0v) is 12.7. The van der Waals surface area contributed by atoms with E-state index in [0.29, 0.717) is 13.1 Å². The molecule has 0 aliphatic rings. The van der Waals surface area contributed by atoms with Crippen LogP contribution in [0.3, 0.4) is 0 Å². The van der Waals surface area contributed by atoms with Crippen molar-refractivity contribution in [2.45, 2.75) is 20.0 Å². The van der Waals surface area contributed by atoms with Gasteiger partial charge in [-0.3, -0.25) is 19.8 Å². The predicted molar refractivity (Wildman–Crippen MR) is 71.9 cm³/mol. The molecule has 0 radical (unpaired) electrons. The molecule has 118 valence electrons. The maximum Gasteiger partial charge on any atom is 0.471 e. The van der Waals surface area contributed by atoms with Gasteiger partial charge in [0.05, 0.1) is 12.6 Å². The Hall–Kier alpha value is -0.700. The lowest BCUT2D eigenvalue weighted by Gasteiger charge is -2.30. The Balaban J connectivity index is 5.18. The molecule has 20 heavy (non-hydrogen) atoms. The molecule has 0 spiro atoms.